The predicted molar refractivity (Wildman–Crippen MR) is 110 cm³/mol. The number of amides is 1. The van der Waals surface area contributed by atoms with Gasteiger partial charge in [0.05, 0.1) is 16.4 Å². The first kappa shape index (κ1) is 21.7. The van der Waals surface area contributed by atoms with Crippen molar-refractivity contribution in [2.75, 3.05) is 19.7 Å². The van der Waals surface area contributed by atoms with Crippen LogP contribution in [0, 0.1) is 10.1 Å². The van der Waals surface area contributed by atoms with Crippen molar-refractivity contribution in [3.63, 3.8) is 0 Å². The SMILES string of the molecule is CCOc1ccc(C(=O)NC2CCN(S(=O)(=O)c3ccc([N+](=O)[O-])cc3)CC2)cc1. The van der Waals surface area contributed by atoms with Crippen molar-refractivity contribution < 1.29 is 22.9 Å². The number of piperidine rings is 1. The van der Waals surface area contributed by atoms with E-state index >= 15 is 0 Å². The highest BCUT2D eigenvalue weighted by molar-refractivity contribution is 7.89. The Balaban J connectivity index is 1.57. The fraction of sp³-hybridized carbons (Fsp3) is 0.350. The first-order valence-corrected chi connectivity index (χ1v) is 11.0. The van der Waals surface area contributed by atoms with E-state index < -0.39 is 14.9 Å². The monoisotopic (exact) mass is 433 g/mol. The van der Waals surface area contributed by atoms with Crippen molar-refractivity contribution in [1.82, 2.24) is 9.62 Å². The Labute approximate surface area is 174 Å². The molecule has 1 N–H and O–H groups in total. The summed E-state index contributed by atoms with van der Waals surface area (Å²) in [5.41, 5.74) is 0.351. The maximum Gasteiger partial charge on any atom is 0.269 e. The number of carbonyl (C=O) groups excluding carboxylic acids is 1. The number of hydrogen-bond acceptors (Lipinski definition) is 6. The molecule has 9 nitrogen and oxygen atoms in total. The lowest BCUT2D eigenvalue weighted by molar-refractivity contribution is -0.384. The van der Waals surface area contributed by atoms with Crippen LogP contribution in [0.3, 0.4) is 0 Å². The van der Waals surface area contributed by atoms with Crippen LogP contribution in [0.4, 0.5) is 5.69 Å². The van der Waals surface area contributed by atoms with Crippen LogP contribution in [-0.4, -0.2) is 49.3 Å². The highest BCUT2D eigenvalue weighted by Crippen LogP contribution is 2.23. The van der Waals surface area contributed by atoms with Gasteiger partial charge < -0.3 is 10.1 Å². The lowest BCUT2D eigenvalue weighted by atomic mass is 10.1. The number of non-ortho nitro benzene ring substituents is 1. The first-order valence-electron chi connectivity index (χ1n) is 9.59. The fourth-order valence-corrected chi connectivity index (χ4v) is 4.74. The zero-order valence-electron chi connectivity index (χ0n) is 16.5. The number of nitrogens with one attached hydrogen (secondary N) is 1. The summed E-state index contributed by atoms with van der Waals surface area (Å²) in [4.78, 5) is 22.6. The molecule has 2 aromatic carbocycles. The summed E-state index contributed by atoms with van der Waals surface area (Å²) in [6.07, 6.45) is 0.962. The Hall–Kier alpha value is -2.98. The van der Waals surface area contributed by atoms with Gasteiger partial charge in [0.1, 0.15) is 5.75 Å². The molecule has 0 aliphatic carbocycles. The van der Waals surface area contributed by atoms with Crippen LogP contribution in [0.1, 0.15) is 30.1 Å². The normalized spacial score (nSPS) is 15.5. The molecule has 2 aromatic rings. The number of rotatable bonds is 7. The van der Waals surface area contributed by atoms with E-state index in [1.807, 2.05) is 6.92 Å². The zero-order valence-corrected chi connectivity index (χ0v) is 17.3. The molecule has 0 bridgehead atoms. The summed E-state index contributed by atoms with van der Waals surface area (Å²) < 4.78 is 32.2. The summed E-state index contributed by atoms with van der Waals surface area (Å²) in [7, 11) is -3.73. The van der Waals surface area contributed by atoms with Crippen LogP contribution in [0.15, 0.2) is 53.4 Å². The van der Waals surface area contributed by atoms with Crippen LogP contribution in [0.5, 0.6) is 5.75 Å². The Kier molecular flexibility index (Phi) is 6.68. The number of nitro groups is 1. The lowest BCUT2D eigenvalue weighted by Gasteiger charge is -2.31. The van der Waals surface area contributed by atoms with E-state index in [-0.39, 0.29) is 35.6 Å². The number of carbonyl (C=O) groups is 1. The molecular formula is C20H23N3O6S. The molecule has 1 aliphatic rings. The third-order valence-corrected chi connectivity index (χ3v) is 6.81. The molecule has 3 rings (SSSR count). The number of sulfonamides is 1. The van der Waals surface area contributed by atoms with Gasteiger partial charge in [-0.3, -0.25) is 14.9 Å². The highest BCUT2D eigenvalue weighted by atomic mass is 32.2. The van der Waals surface area contributed by atoms with E-state index in [1.54, 1.807) is 24.3 Å². The van der Waals surface area contributed by atoms with Crippen molar-refractivity contribution in [3.05, 3.63) is 64.2 Å². The Bertz CT molecular complexity index is 998. The second kappa shape index (κ2) is 9.23. The predicted octanol–water partition coefficient (Wildman–Crippen LogP) is 2.58. The summed E-state index contributed by atoms with van der Waals surface area (Å²) in [6, 6.07) is 11.6. The van der Waals surface area contributed by atoms with Gasteiger partial charge in [-0.1, -0.05) is 0 Å². The number of ether oxygens (including phenoxy) is 1. The van der Waals surface area contributed by atoms with Crippen molar-refractivity contribution in [2.45, 2.75) is 30.7 Å². The molecule has 10 heteroatoms. The Morgan fingerprint density at radius 3 is 2.27 bits per heavy atom. The average molecular weight is 433 g/mol. The molecule has 1 saturated heterocycles. The third-order valence-electron chi connectivity index (χ3n) is 4.90. The van der Waals surface area contributed by atoms with Crippen LogP contribution in [-0.2, 0) is 10.0 Å². The molecule has 30 heavy (non-hydrogen) atoms. The van der Waals surface area contributed by atoms with Crippen molar-refractivity contribution in [1.29, 1.82) is 0 Å². The van der Waals surface area contributed by atoms with E-state index in [2.05, 4.69) is 5.32 Å². The number of benzene rings is 2. The van der Waals surface area contributed by atoms with Gasteiger partial charge in [0, 0.05) is 36.8 Å². The lowest BCUT2D eigenvalue weighted by Crippen LogP contribution is -2.46. The molecule has 0 unspecified atom stereocenters. The Morgan fingerprint density at radius 1 is 1.13 bits per heavy atom. The van der Waals surface area contributed by atoms with Crippen LogP contribution in [0.2, 0.25) is 0 Å². The summed E-state index contributed by atoms with van der Waals surface area (Å²) in [6.45, 7) is 2.95. The Morgan fingerprint density at radius 2 is 1.73 bits per heavy atom. The third kappa shape index (κ3) is 4.95. The van der Waals surface area contributed by atoms with Crippen LogP contribution < -0.4 is 10.1 Å². The maximum atomic E-state index is 12.8. The molecule has 0 atom stereocenters. The van der Waals surface area contributed by atoms with Crippen LogP contribution >= 0.6 is 0 Å². The average Bonchev–Trinajstić information content (AvgIpc) is 2.75. The summed E-state index contributed by atoms with van der Waals surface area (Å²) >= 11 is 0. The summed E-state index contributed by atoms with van der Waals surface area (Å²) in [5.74, 6) is 0.480. The molecule has 1 aliphatic heterocycles. The van der Waals surface area contributed by atoms with Gasteiger partial charge in [-0.2, -0.15) is 4.31 Å². The maximum absolute atomic E-state index is 12.8. The largest absolute Gasteiger partial charge is 0.494 e. The number of nitrogens with zero attached hydrogens (tertiary/aromatic N) is 2. The smallest absolute Gasteiger partial charge is 0.269 e. The molecule has 0 aromatic heterocycles. The fourth-order valence-electron chi connectivity index (χ4n) is 3.27. The van der Waals surface area contributed by atoms with Gasteiger partial charge in [-0.25, -0.2) is 8.42 Å². The van der Waals surface area contributed by atoms with Gasteiger partial charge >= 0.3 is 0 Å². The van der Waals surface area contributed by atoms with E-state index in [9.17, 15) is 23.3 Å². The minimum atomic E-state index is -3.73. The van der Waals surface area contributed by atoms with Gasteiger partial charge in [-0.05, 0) is 56.2 Å². The second-order valence-electron chi connectivity index (χ2n) is 6.86. The van der Waals surface area contributed by atoms with Crippen LogP contribution in [0.25, 0.3) is 0 Å². The van der Waals surface area contributed by atoms with Crippen molar-refractivity contribution in [3.8, 4) is 5.75 Å². The quantitative estimate of drug-likeness (QED) is 0.529. The first-order chi connectivity index (χ1) is 14.3. The van der Waals surface area contributed by atoms with E-state index in [0.717, 1.165) is 0 Å². The van der Waals surface area contributed by atoms with Crippen molar-refractivity contribution in [2.24, 2.45) is 0 Å². The molecule has 1 heterocycles. The van der Waals surface area contributed by atoms with E-state index in [4.69, 9.17) is 4.74 Å². The van der Waals surface area contributed by atoms with Gasteiger partial charge in [0.2, 0.25) is 10.0 Å². The molecule has 160 valence electrons. The van der Waals surface area contributed by atoms with E-state index in [0.29, 0.717) is 30.8 Å². The standard InChI is InChI=1S/C20H23N3O6S/c1-2-29-18-7-3-15(4-8-18)20(24)21-16-11-13-22(14-12-16)30(27,28)19-9-5-17(6-10-19)23(25)26/h3-10,16H,2,11-14H2,1H3,(H,21,24). The zero-order chi connectivity index (χ0) is 21.7. The molecule has 0 saturated carbocycles. The topological polar surface area (TPSA) is 119 Å². The molecular weight excluding hydrogens is 410 g/mol. The van der Waals surface area contributed by atoms with Gasteiger partial charge in [0.15, 0.2) is 0 Å². The molecule has 0 spiro atoms. The molecule has 0 radical (unpaired) electrons. The molecule has 1 fully saturated rings. The number of nitro benzene ring substituents is 1. The van der Waals surface area contributed by atoms with Gasteiger partial charge in [-0.15, -0.1) is 0 Å². The second-order valence-corrected chi connectivity index (χ2v) is 8.80. The number of hydrogen-bond donors (Lipinski definition) is 1. The van der Waals surface area contributed by atoms with E-state index in [1.165, 1.54) is 28.6 Å². The molecule has 1 amide bonds. The minimum absolute atomic E-state index is 0.0185. The summed E-state index contributed by atoms with van der Waals surface area (Å²) in [5, 5.41) is 13.7. The van der Waals surface area contributed by atoms with Gasteiger partial charge in [0.25, 0.3) is 11.6 Å². The minimum Gasteiger partial charge on any atom is -0.494 e. The van der Waals surface area contributed by atoms with Crippen molar-refractivity contribution >= 4 is 21.6 Å². The highest BCUT2D eigenvalue weighted by Gasteiger charge is 2.30.